The van der Waals surface area contributed by atoms with Crippen LogP contribution in [0.25, 0.3) is 0 Å². The van der Waals surface area contributed by atoms with Gasteiger partial charge >= 0.3 is 0 Å². The van der Waals surface area contributed by atoms with E-state index in [-0.39, 0.29) is 0 Å². The zero-order chi connectivity index (χ0) is 11.7. The fourth-order valence-electron chi connectivity index (χ4n) is 2.28. The Morgan fingerprint density at radius 3 is 2.88 bits per heavy atom. The Hall–Kier alpha value is -1.35. The standard InChI is InChI=1S/C14H13BrN2/c15-11-5-6-12(16-9-11)8-13-7-10-3-1-2-4-14(10)17-13/h1-6,9,13,17H,7-8H2. The number of aromatic nitrogens is 1. The van der Waals surface area contributed by atoms with Gasteiger partial charge in [-0.1, -0.05) is 18.2 Å². The number of benzene rings is 1. The number of pyridine rings is 1. The largest absolute Gasteiger partial charge is 0.381 e. The molecule has 1 aliphatic rings. The van der Waals surface area contributed by atoms with Crippen LogP contribution in [-0.4, -0.2) is 11.0 Å². The number of fused-ring (bicyclic) bond motifs is 1. The highest BCUT2D eigenvalue weighted by Gasteiger charge is 2.20. The van der Waals surface area contributed by atoms with Crippen LogP contribution in [0.1, 0.15) is 11.3 Å². The fraction of sp³-hybridized carbons (Fsp3) is 0.214. The number of nitrogens with one attached hydrogen (secondary N) is 1. The molecule has 2 aromatic rings. The molecule has 86 valence electrons. The maximum Gasteiger partial charge on any atom is 0.0425 e. The van der Waals surface area contributed by atoms with E-state index in [4.69, 9.17) is 0 Å². The van der Waals surface area contributed by atoms with Crippen LogP contribution < -0.4 is 5.32 Å². The van der Waals surface area contributed by atoms with Gasteiger partial charge in [0.05, 0.1) is 0 Å². The van der Waals surface area contributed by atoms with Gasteiger partial charge < -0.3 is 5.32 Å². The van der Waals surface area contributed by atoms with E-state index in [1.54, 1.807) is 0 Å². The summed E-state index contributed by atoms with van der Waals surface area (Å²) in [6.45, 7) is 0. The molecule has 0 radical (unpaired) electrons. The Bertz CT molecular complexity index is 497. The lowest BCUT2D eigenvalue weighted by atomic mass is 10.1. The number of hydrogen-bond donors (Lipinski definition) is 1. The van der Waals surface area contributed by atoms with Gasteiger partial charge in [0, 0.05) is 34.5 Å². The maximum atomic E-state index is 4.42. The molecule has 1 aromatic heterocycles. The number of nitrogens with zero attached hydrogens (tertiary/aromatic N) is 1. The minimum absolute atomic E-state index is 0.473. The normalized spacial score (nSPS) is 17.6. The third kappa shape index (κ3) is 2.34. The predicted octanol–water partition coefficient (Wildman–Crippen LogP) is 3.42. The quantitative estimate of drug-likeness (QED) is 0.916. The van der Waals surface area contributed by atoms with Gasteiger partial charge in [-0.3, -0.25) is 4.98 Å². The smallest absolute Gasteiger partial charge is 0.0425 e. The number of para-hydroxylation sites is 1. The van der Waals surface area contributed by atoms with E-state index >= 15 is 0 Å². The van der Waals surface area contributed by atoms with Gasteiger partial charge in [-0.25, -0.2) is 0 Å². The summed E-state index contributed by atoms with van der Waals surface area (Å²) in [4.78, 5) is 4.42. The van der Waals surface area contributed by atoms with Crippen LogP contribution >= 0.6 is 15.9 Å². The molecule has 0 aliphatic carbocycles. The van der Waals surface area contributed by atoms with Crippen molar-refractivity contribution in [3.8, 4) is 0 Å². The van der Waals surface area contributed by atoms with Crippen molar-refractivity contribution in [3.63, 3.8) is 0 Å². The monoisotopic (exact) mass is 288 g/mol. The first kappa shape index (κ1) is 10.8. The van der Waals surface area contributed by atoms with E-state index < -0.39 is 0 Å². The summed E-state index contributed by atoms with van der Waals surface area (Å²) in [6.07, 6.45) is 3.92. The second-order valence-corrected chi connectivity index (χ2v) is 5.29. The molecule has 0 saturated carbocycles. The average Bonchev–Trinajstić information content (AvgIpc) is 2.74. The van der Waals surface area contributed by atoms with Crippen molar-refractivity contribution in [3.05, 3.63) is 58.3 Å². The van der Waals surface area contributed by atoms with Crippen LogP contribution in [0.15, 0.2) is 47.1 Å². The first-order valence-corrected chi connectivity index (χ1v) is 6.55. The summed E-state index contributed by atoms with van der Waals surface area (Å²) in [7, 11) is 0. The molecule has 3 rings (SSSR count). The van der Waals surface area contributed by atoms with Crippen LogP contribution in [0.2, 0.25) is 0 Å². The summed E-state index contributed by atoms with van der Waals surface area (Å²) in [5, 5.41) is 3.55. The van der Waals surface area contributed by atoms with Crippen molar-refractivity contribution in [2.45, 2.75) is 18.9 Å². The molecule has 0 saturated heterocycles. The Balaban J connectivity index is 1.71. The van der Waals surface area contributed by atoms with E-state index in [1.807, 2.05) is 12.3 Å². The van der Waals surface area contributed by atoms with Crippen molar-refractivity contribution >= 4 is 21.6 Å². The number of halogens is 1. The zero-order valence-electron chi connectivity index (χ0n) is 9.36. The molecule has 1 aromatic carbocycles. The topological polar surface area (TPSA) is 24.9 Å². The van der Waals surface area contributed by atoms with Crippen molar-refractivity contribution in [1.82, 2.24) is 4.98 Å². The van der Waals surface area contributed by atoms with Crippen LogP contribution in [0, 0.1) is 0 Å². The Labute approximate surface area is 109 Å². The lowest BCUT2D eigenvalue weighted by Gasteiger charge is -2.10. The summed E-state index contributed by atoms with van der Waals surface area (Å²) < 4.78 is 1.03. The van der Waals surface area contributed by atoms with E-state index in [0.717, 1.165) is 23.0 Å². The molecular formula is C14H13BrN2. The third-order valence-electron chi connectivity index (χ3n) is 3.09. The number of hydrogen-bond acceptors (Lipinski definition) is 2. The summed E-state index contributed by atoms with van der Waals surface area (Å²) in [5.41, 5.74) is 3.82. The lowest BCUT2D eigenvalue weighted by molar-refractivity contribution is 0.730. The second kappa shape index (κ2) is 4.49. The maximum absolute atomic E-state index is 4.42. The summed E-state index contributed by atoms with van der Waals surface area (Å²) in [6, 6.07) is 13.1. The molecule has 17 heavy (non-hydrogen) atoms. The van der Waals surface area contributed by atoms with Crippen LogP contribution in [0.5, 0.6) is 0 Å². The number of rotatable bonds is 2. The average molecular weight is 289 g/mol. The molecule has 1 unspecified atom stereocenters. The lowest BCUT2D eigenvalue weighted by Crippen LogP contribution is -2.19. The molecule has 0 amide bonds. The minimum Gasteiger partial charge on any atom is -0.381 e. The van der Waals surface area contributed by atoms with Gasteiger partial charge in [-0.15, -0.1) is 0 Å². The van der Waals surface area contributed by atoms with Crippen molar-refractivity contribution in [2.75, 3.05) is 5.32 Å². The highest BCUT2D eigenvalue weighted by atomic mass is 79.9. The van der Waals surface area contributed by atoms with Gasteiger partial charge in [0.2, 0.25) is 0 Å². The Kier molecular flexibility index (Phi) is 2.85. The van der Waals surface area contributed by atoms with Crippen molar-refractivity contribution < 1.29 is 0 Å². The Morgan fingerprint density at radius 2 is 2.12 bits per heavy atom. The van der Waals surface area contributed by atoms with Crippen LogP contribution in [-0.2, 0) is 12.8 Å². The Morgan fingerprint density at radius 1 is 1.24 bits per heavy atom. The minimum atomic E-state index is 0.473. The van der Waals surface area contributed by atoms with Crippen molar-refractivity contribution in [1.29, 1.82) is 0 Å². The molecule has 1 aliphatic heterocycles. The van der Waals surface area contributed by atoms with E-state index in [1.165, 1.54) is 11.3 Å². The predicted molar refractivity (Wildman–Crippen MR) is 73.2 cm³/mol. The molecule has 1 N–H and O–H groups in total. The molecule has 0 spiro atoms. The SMILES string of the molecule is Brc1ccc(CC2Cc3ccccc3N2)nc1. The molecule has 3 heteroatoms. The number of anilines is 1. The van der Waals surface area contributed by atoms with Gasteiger partial charge in [-0.2, -0.15) is 0 Å². The molecule has 1 atom stereocenters. The molecular weight excluding hydrogens is 276 g/mol. The third-order valence-corrected chi connectivity index (χ3v) is 3.56. The highest BCUT2D eigenvalue weighted by Crippen LogP contribution is 2.26. The highest BCUT2D eigenvalue weighted by molar-refractivity contribution is 9.10. The fourth-order valence-corrected chi connectivity index (χ4v) is 2.51. The van der Waals surface area contributed by atoms with E-state index in [0.29, 0.717) is 6.04 Å². The first-order chi connectivity index (χ1) is 8.31. The van der Waals surface area contributed by atoms with Crippen LogP contribution in [0.4, 0.5) is 5.69 Å². The molecule has 2 nitrogen and oxygen atoms in total. The van der Waals surface area contributed by atoms with Gasteiger partial charge in [0.1, 0.15) is 0 Å². The molecule has 0 fully saturated rings. The zero-order valence-corrected chi connectivity index (χ0v) is 10.9. The molecule has 2 heterocycles. The van der Waals surface area contributed by atoms with Gasteiger partial charge in [-0.05, 0) is 46.1 Å². The molecule has 0 bridgehead atoms. The van der Waals surface area contributed by atoms with E-state index in [9.17, 15) is 0 Å². The van der Waals surface area contributed by atoms with Gasteiger partial charge in [0.15, 0.2) is 0 Å². The van der Waals surface area contributed by atoms with Crippen molar-refractivity contribution in [2.24, 2.45) is 0 Å². The summed E-state index contributed by atoms with van der Waals surface area (Å²) >= 11 is 3.40. The van der Waals surface area contributed by atoms with E-state index in [2.05, 4.69) is 56.6 Å². The first-order valence-electron chi connectivity index (χ1n) is 5.76. The van der Waals surface area contributed by atoms with Gasteiger partial charge in [0.25, 0.3) is 0 Å². The van der Waals surface area contributed by atoms with Crippen LogP contribution in [0.3, 0.4) is 0 Å². The second-order valence-electron chi connectivity index (χ2n) is 4.37. The summed E-state index contributed by atoms with van der Waals surface area (Å²) in [5.74, 6) is 0.